The largest absolute Gasteiger partial charge is 0.508 e. The van der Waals surface area contributed by atoms with Crippen LogP contribution in [0.2, 0.25) is 0 Å². The van der Waals surface area contributed by atoms with Gasteiger partial charge in [-0.3, -0.25) is 0 Å². The summed E-state index contributed by atoms with van der Waals surface area (Å²) in [6.07, 6.45) is 7.73. The van der Waals surface area contributed by atoms with E-state index in [9.17, 15) is 5.11 Å². The smallest absolute Gasteiger partial charge is 0.115 e. The minimum absolute atomic E-state index is 0.405. The second kappa shape index (κ2) is 6.19. The quantitative estimate of drug-likeness (QED) is 0.884. The van der Waals surface area contributed by atoms with Gasteiger partial charge in [0.25, 0.3) is 0 Å². The number of benzene rings is 1. The molecule has 19 heavy (non-hydrogen) atoms. The Morgan fingerprint density at radius 1 is 1.21 bits per heavy atom. The number of nitrogens with one attached hydrogen (secondary N) is 1. The maximum atomic E-state index is 9.58. The molecule has 1 heterocycles. The number of hydrogen-bond donors (Lipinski definition) is 2. The Morgan fingerprint density at radius 2 is 2.16 bits per heavy atom. The van der Waals surface area contributed by atoms with E-state index in [0.29, 0.717) is 11.8 Å². The third-order valence-electron chi connectivity index (χ3n) is 4.31. The summed E-state index contributed by atoms with van der Waals surface area (Å²) in [5.41, 5.74) is 2.74. The molecule has 1 fully saturated rings. The summed E-state index contributed by atoms with van der Waals surface area (Å²) in [6, 6.07) is 6.37. The predicted octanol–water partition coefficient (Wildman–Crippen LogP) is 3.64. The number of aromatic hydroxyl groups is 1. The van der Waals surface area contributed by atoms with Gasteiger partial charge in [-0.15, -0.1) is 0 Å². The van der Waals surface area contributed by atoms with E-state index in [1.54, 1.807) is 0 Å². The highest BCUT2D eigenvalue weighted by Gasteiger charge is 2.22. The van der Waals surface area contributed by atoms with Crippen molar-refractivity contribution < 1.29 is 5.11 Å². The van der Waals surface area contributed by atoms with Gasteiger partial charge in [0.1, 0.15) is 5.75 Å². The molecule has 2 N–H and O–H groups in total. The lowest BCUT2D eigenvalue weighted by Crippen LogP contribution is -2.32. The number of thioether (sulfide) groups is 1. The van der Waals surface area contributed by atoms with Crippen LogP contribution in [0.15, 0.2) is 18.2 Å². The first-order valence-corrected chi connectivity index (χ1v) is 8.54. The zero-order chi connectivity index (χ0) is 13.1. The first-order chi connectivity index (χ1) is 9.33. The second-order valence-electron chi connectivity index (χ2n) is 5.72. The Kier molecular flexibility index (Phi) is 4.34. The van der Waals surface area contributed by atoms with Crippen LogP contribution in [0.5, 0.6) is 5.75 Å². The summed E-state index contributed by atoms with van der Waals surface area (Å²) >= 11 is 2.13. The Bertz CT molecular complexity index is 429. The molecular formula is C16H23NOS. The van der Waals surface area contributed by atoms with Crippen molar-refractivity contribution in [1.29, 1.82) is 0 Å². The van der Waals surface area contributed by atoms with Crippen molar-refractivity contribution in [1.82, 2.24) is 5.32 Å². The predicted molar refractivity (Wildman–Crippen MR) is 81.9 cm³/mol. The summed E-state index contributed by atoms with van der Waals surface area (Å²) in [7, 11) is 0. The molecule has 0 saturated carbocycles. The van der Waals surface area contributed by atoms with E-state index in [4.69, 9.17) is 0 Å². The van der Waals surface area contributed by atoms with Crippen LogP contribution in [0.25, 0.3) is 0 Å². The van der Waals surface area contributed by atoms with E-state index in [2.05, 4.69) is 23.1 Å². The fourth-order valence-corrected chi connectivity index (χ4v) is 4.51. The molecule has 0 spiro atoms. The van der Waals surface area contributed by atoms with Crippen LogP contribution < -0.4 is 5.32 Å². The van der Waals surface area contributed by atoms with E-state index in [1.807, 2.05) is 12.1 Å². The van der Waals surface area contributed by atoms with Crippen molar-refractivity contribution in [2.75, 3.05) is 12.3 Å². The van der Waals surface area contributed by atoms with Crippen molar-refractivity contribution in [3.8, 4) is 5.75 Å². The van der Waals surface area contributed by atoms with Crippen molar-refractivity contribution in [2.45, 2.75) is 49.8 Å². The van der Waals surface area contributed by atoms with Crippen molar-refractivity contribution in [3.05, 3.63) is 29.3 Å². The lowest BCUT2D eigenvalue weighted by atomic mass is 9.87. The third kappa shape index (κ3) is 3.26. The van der Waals surface area contributed by atoms with Gasteiger partial charge in [-0.2, -0.15) is 11.8 Å². The normalized spacial score (nSPS) is 26.9. The molecule has 2 nitrogen and oxygen atoms in total. The molecule has 2 aliphatic rings. The summed E-state index contributed by atoms with van der Waals surface area (Å²) in [5.74, 6) is 1.74. The zero-order valence-electron chi connectivity index (χ0n) is 11.4. The van der Waals surface area contributed by atoms with Gasteiger partial charge in [0.2, 0.25) is 0 Å². The molecule has 1 aromatic carbocycles. The first kappa shape index (κ1) is 13.3. The van der Waals surface area contributed by atoms with Crippen LogP contribution in [0.4, 0.5) is 0 Å². The van der Waals surface area contributed by atoms with Crippen molar-refractivity contribution >= 4 is 11.8 Å². The van der Waals surface area contributed by atoms with Crippen LogP contribution in [-0.4, -0.2) is 22.7 Å². The molecule has 0 radical (unpaired) electrons. The fourth-order valence-electron chi connectivity index (χ4n) is 3.25. The topological polar surface area (TPSA) is 32.3 Å². The van der Waals surface area contributed by atoms with Gasteiger partial charge in [-0.05, 0) is 61.1 Å². The molecular weight excluding hydrogens is 254 g/mol. The summed E-state index contributed by atoms with van der Waals surface area (Å²) in [4.78, 5) is 0. The number of hydrogen-bond acceptors (Lipinski definition) is 3. The first-order valence-electron chi connectivity index (χ1n) is 7.50. The Balaban J connectivity index is 1.63. The van der Waals surface area contributed by atoms with Crippen molar-refractivity contribution in [2.24, 2.45) is 0 Å². The maximum Gasteiger partial charge on any atom is 0.115 e. The minimum atomic E-state index is 0.405. The van der Waals surface area contributed by atoms with Crippen LogP contribution in [0.3, 0.4) is 0 Å². The summed E-state index contributed by atoms with van der Waals surface area (Å²) < 4.78 is 0. The van der Waals surface area contributed by atoms with E-state index >= 15 is 0 Å². The van der Waals surface area contributed by atoms with Crippen LogP contribution in [-0.2, 0) is 6.42 Å². The van der Waals surface area contributed by atoms with Gasteiger partial charge >= 0.3 is 0 Å². The monoisotopic (exact) mass is 277 g/mol. The van der Waals surface area contributed by atoms with Crippen molar-refractivity contribution in [3.63, 3.8) is 0 Å². The molecule has 1 aromatic rings. The van der Waals surface area contributed by atoms with Gasteiger partial charge in [0, 0.05) is 17.8 Å². The highest BCUT2D eigenvalue weighted by Crippen LogP contribution is 2.32. The molecule has 0 bridgehead atoms. The second-order valence-corrected chi connectivity index (χ2v) is 7.13. The Morgan fingerprint density at radius 3 is 3.00 bits per heavy atom. The Labute approximate surface area is 120 Å². The van der Waals surface area contributed by atoms with Gasteiger partial charge < -0.3 is 10.4 Å². The molecule has 3 rings (SSSR count). The average molecular weight is 277 g/mol. The van der Waals surface area contributed by atoms with Gasteiger partial charge in [0.05, 0.1) is 0 Å². The number of aryl methyl sites for hydroxylation is 1. The number of rotatable bonds is 3. The molecule has 2 unspecified atom stereocenters. The molecule has 2 atom stereocenters. The molecule has 3 heteroatoms. The highest BCUT2D eigenvalue weighted by atomic mass is 32.2. The summed E-state index contributed by atoms with van der Waals surface area (Å²) in [6.45, 7) is 1.13. The van der Waals surface area contributed by atoms with Crippen LogP contribution >= 0.6 is 11.8 Å². The molecule has 1 aliphatic heterocycles. The number of fused-ring (bicyclic) bond motifs is 1. The SMILES string of the molecule is Oc1ccc2c(c1)CCCC2NCC1CCCCS1. The molecule has 0 aromatic heterocycles. The van der Waals surface area contributed by atoms with Gasteiger partial charge in [0.15, 0.2) is 0 Å². The zero-order valence-corrected chi connectivity index (χ0v) is 12.2. The van der Waals surface area contributed by atoms with Crippen LogP contribution in [0, 0.1) is 0 Å². The third-order valence-corrected chi connectivity index (χ3v) is 5.70. The standard InChI is InChI=1S/C16H23NOS/c18-13-7-8-15-12(10-13)4-3-6-16(15)17-11-14-5-1-2-9-19-14/h7-8,10,14,16-18H,1-6,9,11H2. The van der Waals surface area contributed by atoms with E-state index in [-0.39, 0.29) is 0 Å². The lowest BCUT2D eigenvalue weighted by molar-refractivity contribution is 0.444. The van der Waals surface area contributed by atoms with E-state index in [1.165, 1.54) is 49.0 Å². The number of phenolic OH excluding ortho intramolecular Hbond substituents is 1. The molecule has 1 aliphatic carbocycles. The maximum absolute atomic E-state index is 9.58. The molecule has 0 amide bonds. The Hall–Kier alpha value is -0.670. The highest BCUT2D eigenvalue weighted by molar-refractivity contribution is 7.99. The average Bonchev–Trinajstić information content (AvgIpc) is 2.45. The number of phenols is 1. The van der Waals surface area contributed by atoms with E-state index < -0.39 is 0 Å². The van der Waals surface area contributed by atoms with Gasteiger partial charge in [-0.1, -0.05) is 12.5 Å². The lowest BCUT2D eigenvalue weighted by Gasteiger charge is -2.29. The summed E-state index contributed by atoms with van der Waals surface area (Å²) in [5, 5.41) is 14.2. The molecule has 1 saturated heterocycles. The molecule has 104 valence electrons. The van der Waals surface area contributed by atoms with Crippen LogP contribution in [0.1, 0.15) is 49.3 Å². The minimum Gasteiger partial charge on any atom is -0.508 e. The fraction of sp³-hybridized carbons (Fsp3) is 0.625. The van der Waals surface area contributed by atoms with Gasteiger partial charge in [-0.25, -0.2) is 0 Å². The van der Waals surface area contributed by atoms with E-state index in [0.717, 1.165) is 18.2 Å².